The van der Waals surface area contributed by atoms with E-state index in [0.717, 1.165) is 11.3 Å². The molecule has 0 saturated heterocycles. The van der Waals surface area contributed by atoms with Crippen LogP contribution >= 0.6 is 22.9 Å². The molecule has 0 bridgehead atoms. The van der Waals surface area contributed by atoms with Crippen LogP contribution in [0.5, 0.6) is 5.75 Å². The zero-order valence-electron chi connectivity index (χ0n) is 13.5. The highest BCUT2D eigenvalue weighted by atomic mass is 35.5. The third-order valence-electron chi connectivity index (χ3n) is 3.41. The summed E-state index contributed by atoms with van der Waals surface area (Å²) in [7, 11) is 0. The third kappa shape index (κ3) is 4.49. The number of carbonyl (C=O) groups excluding carboxylic acids is 2. The molecule has 7 nitrogen and oxygen atoms in total. The Kier molecular flexibility index (Phi) is 5.49. The lowest BCUT2D eigenvalue weighted by atomic mass is 10.2. The maximum absolute atomic E-state index is 12.2. The topological polar surface area (TPSA) is 98.5 Å². The minimum absolute atomic E-state index is 0.123. The van der Waals surface area contributed by atoms with Crippen LogP contribution in [0, 0.1) is 10.1 Å². The molecule has 1 aromatic heterocycles. The summed E-state index contributed by atoms with van der Waals surface area (Å²) < 4.78 is 5.17. The van der Waals surface area contributed by atoms with Crippen molar-refractivity contribution in [3.05, 3.63) is 86.2 Å². The SMILES string of the molecule is O=C(Oc1ccc(NC(=O)c2ccccc2Cl)cc1)c1ccc([N+](=O)[O-])s1. The Morgan fingerprint density at radius 1 is 1.04 bits per heavy atom. The number of amides is 1. The van der Waals surface area contributed by atoms with Gasteiger partial charge in [-0.2, -0.15) is 0 Å². The van der Waals surface area contributed by atoms with Crippen LogP contribution in [-0.2, 0) is 0 Å². The number of thiophene rings is 1. The van der Waals surface area contributed by atoms with Crippen molar-refractivity contribution in [2.45, 2.75) is 0 Å². The molecule has 0 radical (unpaired) electrons. The number of nitrogens with zero attached hydrogens (tertiary/aromatic N) is 1. The first-order chi connectivity index (χ1) is 12.9. The zero-order valence-corrected chi connectivity index (χ0v) is 15.1. The van der Waals surface area contributed by atoms with E-state index >= 15 is 0 Å². The molecule has 2 aromatic carbocycles. The predicted octanol–water partition coefficient (Wildman–Crippen LogP) is 4.78. The van der Waals surface area contributed by atoms with Crippen molar-refractivity contribution in [3.63, 3.8) is 0 Å². The Bertz CT molecular complexity index is 1020. The highest BCUT2D eigenvalue weighted by Gasteiger charge is 2.17. The van der Waals surface area contributed by atoms with Gasteiger partial charge >= 0.3 is 11.0 Å². The van der Waals surface area contributed by atoms with E-state index in [9.17, 15) is 19.7 Å². The van der Waals surface area contributed by atoms with Crippen LogP contribution in [0.15, 0.2) is 60.7 Å². The maximum Gasteiger partial charge on any atom is 0.353 e. The largest absolute Gasteiger partial charge is 0.422 e. The molecule has 0 aliphatic carbocycles. The fourth-order valence-corrected chi connectivity index (χ4v) is 3.06. The van der Waals surface area contributed by atoms with Crippen LogP contribution in [0.2, 0.25) is 5.02 Å². The molecule has 136 valence electrons. The van der Waals surface area contributed by atoms with Crippen molar-refractivity contribution in [2.24, 2.45) is 0 Å². The van der Waals surface area contributed by atoms with Crippen molar-refractivity contribution in [2.75, 3.05) is 5.32 Å². The average Bonchev–Trinajstić information content (AvgIpc) is 3.14. The molecule has 0 aliphatic heterocycles. The van der Waals surface area contributed by atoms with E-state index in [1.165, 1.54) is 24.3 Å². The minimum atomic E-state index is -0.694. The van der Waals surface area contributed by atoms with Gasteiger partial charge in [-0.25, -0.2) is 4.79 Å². The Balaban J connectivity index is 1.64. The molecule has 0 fully saturated rings. The molecular formula is C18H11ClN2O5S. The van der Waals surface area contributed by atoms with Crippen molar-refractivity contribution in [1.82, 2.24) is 0 Å². The molecule has 1 heterocycles. The standard InChI is InChI=1S/C18H11ClN2O5S/c19-14-4-2-1-3-13(14)17(22)20-11-5-7-12(8-6-11)26-18(23)15-9-10-16(27-15)21(24)25/h1-10H,(H,20,22). The summed E-state index contributed by atoms with van der Waals surface area (Å²) in [5.41, 5.74) is 0.834. The van der Waals surface area contributed by atoms with E-state index in [-0.39, 0.29) is 21.5 Å². The number of esters is 1. The molecule has 3 aromatic rings. The van der Waals surface area contributed by atoms with E-state index in [4.69, 9.17) is 16.3 Å². The van der Waals surface area contributed by atoms with Gasteiger partial charge in [-0.3, -0.25) is 14.9 Å². The molecule has 0 saturated carbocycles. The molecule has 3 rings (SSSR count). The predicted molar refractivity (Wildman–Crippen MR) is 102 cm³/mol. The van der Waals surface area contributed by atoms with E-state index in [0.29, 0.717) is 16.3 Å². The molecule has 0 atom stereocenters. The van der Waals surface area contributed by atoms with E-state index in [1.807, 2.05) is 0 Å². The first-order valence-corrected chi connectivity index (χ1v) is 8.76. The first-order valence-electron chi connectivity index (χ1n) is 7.56. The minimum Gasteiger partial charge on any atom is -0.422 e. The molecule has 27 heavy (non-hydrogen) atoms. The number of benzene rings is 2. The number of halogens is 1. The summed E-state index contributed by atoms with van der Waals surface area (Å²) >= 11 is 6.72. The molecule has 0 unspecified atom stereocenters. The Morgan fingerprint density at radius 3 is 2.37 bits per heavy atom. The van der Waals surface area contributed by atoms with Crippen LogP contribution in [0.3, 0.4) is 0 Å². The quantitative estimate of drug-likeness (QED) is 0.286. The number of anilines is 1. The second-order valence-corrected chi connectivity index (χ2v) is 6.71. The number of nitro groups is 1. The van der Waals surface area contributed by atoms with Gasteiger partial charge in [0, 0.05) is 11.8 Å². The summed E-state index contributed by atoms with van der Waals surface area (Å²) in [6, 6.07) is 15.4. The lowest BCUT2D eigenvalue weighted by Crippen LogP contribution is -2.12. The second kappa shape index (κ2) is 7.98. The Hall–Kier alpha value is -3.23. The Labute approximate surface area is 162 Å². The van der Waals surface area contributed by atoms with Gasteiger partial charge in [-0.15, -0.1) is 0 Å². The number of rotatable bonds is 5. The van der Waals surface area contributed by atoms with Crippen LogP contribution in [-0.4, -0.2) is 16.8 Å². The zero-order chi connectivity index (χ0) is 19.4. The Morgan fingerprint density at radius 2 is 1.74 bits per heavy atom. The highest BCUT2D eigenvalue weighted by molar-refractivity contribution is 7.17. The van der Waals surface area contributed by atoms with Crippen molar-refractivity contribution in [3.8, 4) is 5.75 Å². The molecular weight excluding hydrogens is 392 g/mol. The van der Waals surface area contributed by atoms with Crippen LogP contribution in [0.1, 0.15) is 20.0 Å². The van der Waals surface area contributed by atoms with Crippen LogP contribution in [0.25, 0.3) is 0 Å². The summed E-state index contributed by atoms with van der Waals surface area (Å²) in [5, 5.41) is 13.6. The van der Waals surface area contributed by atoms with Gasteiger partial charge in [0.1, 0.15) is 10.6 Å². The lowest BCUT2D eigenvalue weighted by molar-refractivity contribution is -0.380. The summed E-state index contributed by atoms with van der Waals surface area (Å²) in [6.07, 6.45) is 0. The number of hydrogen-bond donors (Lipinski definition) is 1. The van der Waals surface area contributed by atoms with Gasteiger partial charge in [0.2, 0.25) is 0 Å². The third-order valence-corrected chi connectivity index (χ3v) is 4.76. The fraction of sp³-hybridized carbons (Fsp3) is 0. The van der Waals surface area contributed by atoms with Gasteiger partial charge in [0.15, 0.2) is 0 Å². The van der Waals surface area contributed by atoms with Gasteiger partial charge in [-0.05, 0) is 42.5 Å². The summed E-state index contributed by atoms with van der Waals surface area (Å²) in [4.78, 5) is 34.4. The lowest BCUT2D eigenvalue weighted by Gasteiger charge is -2.08. The monoisotopic (exact) mass is 402 g/mol. The van der Waals surface area contributed by atoms with Crippen LogP contribution in [0.4, 0.5) is 10.7 Å². The van der Waals surface area contributed by atoms with Gasteiger partial charge < -0.3 is 10.1 Å². The normalized spacial score (nSPS) is 10.3. The molecule has 1 amide bonds. The number of carbonyl (C=O) groups is 2. The van der Waals surface area contributed by atoms with Crippen LogP contribution < -0.4 is 10.1 Å². The summed E-state index contributed by atoms with van der Waals surface area (Å²) in [5.74, 6) is -0.816. The number of nitrogens with one attached hydrogen (secondary N) is 1. The van der Waals surface area contributed by atoms with Gasteiger partial charge in [-0.1, -0.05) is 35.1 Å². The molecule has 0 aliphatic rings. The summed E-state index contributed by atoms with van der Waals surface area (Å²) in [6.45, 7) is 0. The highest BCUT2D eigenvalue weighted by Crippen LogP contribution is 2.26. The first kappa shape index (κ1) is 18.6. The fourth-order valence-electron chi connectivity index (χ4n) is 2.14. The molecule has 0 spiro atoms. The van der Waals surface area contributed by atoms with Crippen molar-refractivity contribution >= 4 is 45.5 Å². The number of hydrogen-bond acceptors (Lipinski definition) is 6. The molecule has 1 N–H and O–H groups in total. The maximum atomic E-state index is 12.2. The van der Waals surface area contributed by atoms with E-state index < -0.39 is 10.9 Å². The number of ether oxygens (including phenoxy) is 1. The average molecular weight is 403 g/mol. The van der Waals surface area contributed by atoms with Crippen molar-refractivity contribution in [1.29, 1.82) is 0 Å². The van der Waals surface area contributed by atoms with E-state index in [1.54, 1.807) is 36.4 Å². The van der Waals surface area contributed by atoms with E-state index in [2.05, 4.69) is 5.32 Å². The van der Waals surface area contributed by atoms with Crippen molar-refractivity contribution < 1.29 is 19.2 Å². The van der Waals surface area contributed by atoms with Gasteiger partial charge in [0.05, 0.1) is 15.5 Å². The second-order valence-electron chi connectivity index (χ2n) is 5.24. The smallest absolute Gasteiger partial charge is 0.353 e. The molecule has 9 heteroatoms. The van der Waals surface area contributed by atoms with Gasteiger partial charge in [0.25, 0.3) is 5.91 Å².